The monoisotopic (exact) mass is 275 g/mol. The topological polar surface area (TPSA) is 26.0 Å². The summed E-state index contributed by atoms with van der Waals surface area (Å²) in [6, 6.07) is 23.1. The maximum absolute atomic E-state index is 6.16. The third-order valence-electron chi connectivity index (χ3n) is 3.64. The molecule has 0 saturated heterocycles. The van der Waals surface area contributed by atoms with E-state index in [2.05, 4.69) is 48.5 Å². The molecule has 0 aliphatic rings. The molecule has 1 nitrogen and oxygen atoms in total. The number of benzene rings is 3. The van der Waals surface area contributed by atoms with Crippen LogP contribution in [0.1, 0.15) is 0 Å². The van der Waals surface area contributed by atoms with Gasteiger partial charge in [0.15, 0.2) is 0 Å². The molecule has 3 aromatic carbocycles. The van der Waals surface area contributed by atoms with Crippen LogP contribution in [0.4, 0.5) is 5.69 Å². The number of nitrogen functional groups attached to an aromatic ring is 1. The summed E-state index contributed by atoms with van der Waals surface area (Å²) < 4.78 is 2.56. The Hall–Kier alpha value is -2.32. The highest BCUT2D eigenvalue weighted by atomic mass is 32.1. The lowest BCUT2D eigenvalue weighted by Gasteiger charge is -2.03. The van der Waals surface area contributed by atoms with Gasteiger partial charge in [-0.05, 0) is 23.3 Å². The molecule has 2 heteroatoms. The first-order valence-corrected chi connectivity index (χ1v) is 7.41. The van der Waals surface area contributed by atoms with Gasteiger partial charge in [0.2, 0.25) is 0 Å². The summed E-state index contributed by atoms with van der Waals surface area (Å²) in [7, 11) is 0. The molecule has 0 unspecified atom stereocenters. The van der Waals surface area contributed by atoms with E-state index in [1.807, 2.05) is 29.5 Å². The second-order valence-electron chi connectivity index (χ2n) is 4.87. The fourth-order valence-corrected chi connectivity index (χ4v) is 3.99. The molecule has 0 radical (unpaired) electrons. The SMILES string of the molecule is Nc1cccc2sc3c(-c4ccccc4)cccc3c12. The van der Waals surface area contributed by atoms with Crippen molar-refractivity contribution in [3.8, 4) is 11.1 Å². The number of hydrogen-bond donors (Lipinski definition) is 1. The molecule has 0 aliphatic carbocycles. The predicted octanol–water partition coefficient (Wildman–Crippen LogP) is 5.30. The number of hydrogen-bond acceptors (Lipinski definition) is 2. The van der Waals surface area contributed by atoms with Crippen molar-refractivity contribution in [2.75, 3.05) is 5.73 Å². The van der Waals surface area contributed by atoms with Crippen LogP contribution in [-0.4, -0.2) is 0 Å². The van der Waals surface area contributed by atoms with Gasteiger partial charge in [-0.2, -0.15) is 0 Å². The highest BCUT2D eigenvalue weighted by molar-refractivity contribution is 7.26. The van der Waals surface area contributed by atoms with Crippen molar-refractivity contribution >= 4 is 37.2 Å². The van der Waals surface area contributed by atoms with Gasteiger partial charge in [0.1, 0.15) is 0 Å². The maximum atomic E-state index is 6.16. The largest absolute Gasteiger partial charge is 0.398 e. The highest BCUT2D eigenvalue weighted by Gasteiger charge is 2.11. The molecule has 0 fully saturated rings. The molecule has 20 heavy (non-hydrogen) atoms. The quantitative estimate of drug-likeness (QED) is 0.468. The van der Waals surface area contributed by atoms with E-state index in [0.717, 1.165) is 5.69 Å². The molecule has 0 bridgehead atoms. The Morgan fingerprint density at radius 3 is 2.40 bits per heavy atom. The fraction of sp³-hybridized carbons (Fsp3) is 0. The molecular weight excluding hydrogens is 262 g/mol. The molecule has 0 amide bonds. The molecule has 1 aromatic heterocycles. The van der Waals surface area contributed by atoms with Gasteiger partial charge in [0.05, 0.1) is 0 Å². The van der Waals surface area contributed by atoms with E-state index in [1.54, 1.807) is 0 Å². The number of anilines is 1. The summed E-state index contributed by atoms with van der Waals surface area (Å²) >= 11 is 1.82. The summed E-state index contributed by atoms with van der Waals surface area (Å²) in [6.45, 7) is 0. The van der Waals surface area contributed by atoms with Crippen LogP contribution < -0.4 is 5.73 Å². The van der Waals surface area contributed by atoms with Crippen LogP contribution in [-0.2, 0) is 0 Å². The third kappa shape index (κ3) is 1.62. The maximum Gasteiger partial charge on any atom is 0.0434 e. The van der Waals surface area contributed by atoms with Crippen molar-refractivity contribution in [3.05, 3.63) is 66.7 Å². The highest BCUT2D eigenvalue weighted by Crippen LogP contribution is 2.41. The van der Waals surface area contributed by atoms with Crippen LogP contribution in [0, 0.1) is 0 Å². The predicted molar refractivity (Wildman–Crippen MR) is 89.2 cm³/mol. The van der Waals surface area contributed by atoms with E-state index in [-0.39, 0.29) is 0 Å². The van der Waals surface area contributed by atoms with E-state index in [1.165, 1.54) is 31.3 Å². The van der Waals surface area contributed by atoms with Gasteiger partial charge in [0.25, 0.3) is 0 Å². The molecule has 0 saturated carbocycles. The third-order valence-corrected chi connectivity index (χ3v) is 4.84. The Morgan fingerprint density at radius 1 is 0.750 bits per heavy atom. The zero-order chi connectivity index (χ0) is 13.5. The Kier molecular flexibility index (Phi) is 2.51. The zero-order valence-electron chi connectivity index (χ0n) is 10.8. The zero-order valence-corrected chi connectivity index (χ0v) is 11.7. The van der Waals surface area contributed by atoms with Crippen molar-refractivity contribution in [2.45, 2.75) is 0 Å². The van der Waals surface area contributed by atoms with E-state index in [9.17, 15) is 0 Å². The molecule has 4 rings (SSSR count). The first-order chi connectivity index (χ1) is 9.84. The van der Waals surface area contributed by atoms with Crippen LogP contribution in [0.25, 0.3) is 31.3 Å². The summed E-state index contributed by atoms with van der Waals surface area (Å²) in [4.78, 5) is 0. The Bertz CT molecular complexity index is 907. The second kappa shape index (κ2) is 4.36. The minimum absolute atomic E-state index is 0.860. The molecular formula is C18H13NS. The number of thiophene rings is 1. The van der Waals surface area contributed by atoms with Gasteiger partial charge in [-0.15, -0.1) is 11.3 Å². The van der Waals surface area contributed by atoms with Crippen molar-refractivity contribution in [3.63, 3.8) is 0 Å². The van der Waals surface area contributed by atoms with E-state index in [0.29, 0.717) is 0 Å². The summed E-state index contributed by atoms with van der Waals surface area (Å²) in [5.74, 6) is 0. The first-order valence-electron chi connectivity index (χ1n) is 6.60. The molecule has 0 spiro atoms. The fourth-order valence-electron chi connectivity index (χ4n) is 2.72. The van der Waals surface area contributed by atoms with Gasteiger partial charge in [0, 0.05) is 25.9 Å². The average molecular weight is 275 g/mol. The molecule has 4 aromatic rings. The summed E-state index contributed by atoms with van der Waals surface area (Å²) in [6.07, 6.45) is 0. The van der Waals surface area contributed by atoms with Crippen LogP contribution in [0.5, 0.6) is 0 Å². The van der Waals surface area contributed by atoms with Crippen LogP contribution in [0.15, 0.2) is 66.7 Å². The standard InChI is InChI=1S/C18H13NS/c19-15-10-5-11-16-17(15)14-9-4-8-13(18(14)20-16)12-6-2-1-3-7-12/h1-11H,19H2. The average Bonchev–Trinajstić information content (AvgIpc) is 2.88. The van der Waals surface area contributed by atoms with Gasteiger partial charge in [-0.3, -0.25) is 0 Å². The van der Waals surface area contributed by atoms with Crippen molar-refractivity contribution < 1.29 is 0 Å². The smallest absolute Gasteiger partial charge is 0.0434 e. The first kappa shape index (κ1) is 11.5. The van der Waals surface area contributed by atoms with E-state index in [4.69, 9.17) is 5.73 Å². The van der Waals surface area contributed by atoms with Crippen LogP contribution in [0.3, 0.4) is 0 Å². The van der Waals surface area contributed by atoms with Gasteiger partial charge >= 0.3 is 0 Å². The summed E-state index contributed by atoms with van der Waals surface area (Å²) in [5.41, 5.74) is 9.56. The Morgan fingerprint density at radius 2 is 1.55 bits per heavy atom. The minimum Gasteiger partial charge on any atom is -0.398 e. The molecule has 96 valence electrons. The normalized spacial score (nSPS) is 11.2. The van der Waals surface area contributed by atoms with E-state index >= 15 is 0 Å². The van der Waals surface area contributed by atoms with Crippen molar-refractivity contribution in [1.29, 1.82) is 0 Å². The van der Waals surface area contributed by atoms with Crippen LogP contribution in [0.2, 0.25) is 0 Å². The molecule has 0 aliphatic heterocycles. The van der Waals surface area contributed by atoms with Crippen molar-refractivity contribution in [1.82, 2.24) is 0 Å². The Balaban J connectivity index is 2.14. The number of nitrogens with two attached hydrogens (primary N) is 1. The summed E-state index contributed by atoms with van der Waals surface area (Å²) in [5, 5.41) is 2.44. The minimum atomic E-state index is 0.860. The van der Waals surface area contributed by atoms with Gasteiger partial charge in [-0.25, -0.2) is 0 Å². The van der Waals surface area contributed by atoms with E-state index < -0.39 is 0 Å². The van der Waals surface area contributed by atoms with Crippen molar-refractivity contribution in [2.24, 2.45) is 0 Å². The Labute approximate surface area is 121 Å². The lowest BCUT2D eigenvalue weighted by Crippen LogP contribution is -1.84. The number of rotatable bonds is 1. The lowest BCUT2D eigenvalue weighted by atomic mass is 10.0. The van der Waals surface area contributed by atoms with Gasteiger partial charge in [-0.1, -0.05) is 54.6 Å². The number of fused-ring (bicyclic) bond motifs is 3. The molecule has 0 atom stereocenters. The molecule has 1 heterocycles. The molecule has 2 N–H and O–H groups in total. The van der Waals surface area contributed by atoms with Crippen LogP contribution >= 0.6 is 11.3 Å². The lowest BCUT2D eigenvalue weighted by molar-refractivity contribution is 1.67. The van der Waals surface area contributed by atoms with Gasteiger partial charge < -0.3 is 5.73 Å². The second-order valence-corrected chi connectivity index (χ2v) is 5.92.